The second-order valence-electron chi connectivity index (χ2n) is 6.54. The highest BCUT2D eigenvalue weighted by atomic mass is 32.2. The van der Waals surface area contributed by atoms with Gasteiger partial charge in [0.2, 0.25) is 11.5 Å². The van der Waals surface area contributed by atoms with E-state index in [1.54, 1.807) is 0 Å². The average molecular weight is 478 g/mol. The molecule has 0 bridgehead atoms. The molecule has 3 amide bonds. The predicted molar refractivity (Wildman–Crippen MR) is 104 cm³/mol. The molecule has 1 aliphatic rings. The van der Waals surface area contributed by atoms with Crippen LogP contribution in [0.15, 0.2) is 10.5 Å². The lowest BCUT2D eigenvalue weighted by atomic mass is 9.97. The fourth-order valence-corrected chi connectivity index (χ4v) is 3.67. The quantitative estimate of drug-likeness (QED) is 0.114. The van der Waals surface area contributed by atoms with Crippen LogP contribution in [0.25, 0.3) is 0 Å². The molecule has 0 saturated carbocycles. The largest absolute Gasteiger partial charge is 0.478 e. The molecule has 17 heteroatoms. The minimum absolute atomic E-state index is 0.0356. The Labute approximate surface area is 179 Å². The van der Waals surface area contributed by atoms with Crippen molar-refractivity contribution in [2.45, 2.75) is 31.5 Å². The van der Waals surface area contributed by atoms with Crippen molar-refractivity contribution in [1.29, 1.82) is 0 Å². The number of carboxylic acid groups (broad SMARTS) is 1. The molecule has 170 valence electrons. The number of β-lactam (4-membered cyclic amide) rings is 1. The van der Waals surface area contributed by atoms with Crippen molar-refractivity contribution >= 4 is 56.2 Å². The Balaban J connectivity index is 2.36. The second kappa shape index (κ2) is 8.44. The van der Waals surface area contributed by atoms with Crippen molar-refractivity contribution < 1.29 is 42.1 Å². The molecule has 6 N–H and O–H groups in total. The monoisotopic (exact) mass is 478 g/mol. The number of likely N-dealkylation sites (N-methyl/N-ethyl adjacent to an activating group) is 1. The van der Waals surface area contributed by atoms with E-state index in [-0.39, 0.29) is 15.1 Å². The highest BCUT2D eigenvalue weighted by Gasteiger charge is 2.57. The van der Waals surface area contributed by atoms with Gasteiger partial charge in [0.15, 0.2) is 16.9 Å². The Kier molecular flexibility index (Phi) is 6.52. The van der Waals surface area contributed by atoms with Crippen LogP contribution in [0.4, 0.5) is 5.13 Å². The fourth-order valence-electron chi connectivity index (χ4n) is 2.28. The molecule has 2 atom stereocenters. The highest BCUT2D eigenvalue weighted by molar-refractivity contribution is 7.84. The molecule has 31 heavy (non-hydrogen) atoms. The number of thiazole rings is 1. The normalized spacial score (nSPS) is 19.4. The number of carbonyl (C=O) groups is 4. The second-order valence-corrected chi connectivity index (χ2v) is 8.72. The Bertz CT molecular complexity index is 1060. The van der Waals surface area contributed by atoms with Gasteiger partial charge in [-0.2, -0.15) is 12.7 Å². The van der Waals surface area contributed by atoms with Crippen molar-refractivity contribution in [3.05, 3.63) is 11.1 Å². The number of rotatable bonds is 8. The first-order chi connectivity index (χ1) is 14.2. The predicted octanol–water partition coefficient (Wildman–Crippen LogP) is -2.45. The van der Waals surface area contributed by atoms with Gasteiger partial charge in [0.05, 0.1) is 0 Å². The Morgan fingerprint density at radius 3 is 2.45 bits per heavy atom. The van der Waals surface area contributed by atoms with Crippen LogP contribution < -0.4 is 16.4 Å². The number of nitrogens with two attached hydrogens (primary N) is 1. The number of nitrogens with one attached hydrogen (secondary N) is 2. The number of oxime groups is 1. The van der Waals surface area contributed by atoms with E-state index in [0.29, 0.717) is 0 Å². The number of nitrogens with zero attached hydrogens (tertiary/aromatic N) is 3. The minimum Gasteiger partial charge on any atom is -0.478 e. The summed E-state index contributed by atoms with van der Waals surface area (Å²) >= 11 is 0.924. The van der Waals surface area contributed by atoms with Crippen LogP contribution in [0.3, 0.4) is 0 Å². The molecular formula is C14H18N6O9S2. The maximum Gasteiger partial charge on any atom is 0.363 e. The summed E-state index contributed by atoms with van der Waals surface area (Å²) in [6.07, 6.45) is 0. The maximum atomic E-state index is 12.7. The molecule has 1 fully saturated rings. The van der Waals surface area contributed by atoms with Crippen molar-refractivity contribution in [1.82, 2.24) is 19.9 Å². The number of amides is 3. The van der Waals surface area contributed by atoms with Gasteiger partial charge in [-0.3, -0.25) is 18.9 Å². The molecule has 15 nitrogen and oxygen atoms in total. The third-order valence-electron chi connectivity index (χ3n) is 3.96. The van der Waals surface area contributed by atoms with E-state index in [1.807, 2.05) is 0 Å². The van der Waals surface area contributed by atoms with Crippen LogP contribution in [-0.4, -0.2) is 81.5 Å². The lowest BCUT2D eigenvalue weighted by Gasteiger charge is -2.42. The van der Waals surface area contributed by atoms with Crippen LogP contribution in [-0.2, 0) is 34.3 Å². The average Bonchev–Trinajstić information content (AvgIpc) is 3.07. The van der Waals surface area contributed by atoms with Gasteiger partial charge in [-0.1, -0.05) is 5.16 Å². The summed E-state index contributed by atoms with van der Waals surface area (Å²) in [6.45, 7) is 2.32. The van der Waals surface area contributed by atoms with Crippen LogP contribution in [0.1, 0.15) is 19.5 Å². The van der Waals surface area contributed by atoms with E-state index in [4.69, 9.17) is 20.2 Å². The lowest BCUT2D eigenvalue weighted by molar-refractivity contribution is -0.161. The summed E-state index contributed by atoms with van der Waals surface area (Å²) in [5, 5.41) is 18.2. The zero-order chi connectivity index (χ0) is 23.7. The Morgan fingerprint density at radius 2 is 2.00 bits per heavy atom. The van der Waals surface area contributed by atoms with Crippen molar-refractivity contribution in [3.63, 3.8) is 0 Å². The van der Waals surface area contributed by atoms with Gasteiger partial charge >= 0.3 is 16.3 Å². The standard InChI is InChI=1S/C14H18N6O9S2/c1-14(2,12(24)25)29-19-6(5-4-30-13(15)17-5)9(21)18-7-8(10(22)16-3)20(11(7)23)31(26,27)28/h4,7-8H,1-3H3,(H2,15,17)(H,16,22)(H,18,21)(H,24,25)(H,26,27,28)/b19-6-. The summed E-state index contributed by atoms with van der Waals surface area (Å²) in [4.78, 5) is 56.8. The molecule has 1 aliphatic heterocycles. The summed E-state index contributed by atoms with van der Waals surface area (Å²) in [5.74, 6) is -4.81. The van der Waals surface area contributed by atoms with Gasteiger partial charge in [-0.25, -0.2) is 9.78 Å². The molecule has 2 heterocycles. The molecule has 0 aromatic carbocycles. The first kappa shape index (κ1) is 24.0. The van der Waals surface area contributed by atoms with E-state index < -0.39 is 57.4 Å². The van der Waals surface area contributed by atoms with Crippen LogP contribution >= 0.6 is 11.3 Å². The number of hydrogen-bond donors (Lipinski definition) is 5. The van der Waals surface area contributed by atoms with Crippen molar-refractivity contribution in [2.75, 3.05) is 12.8 Å². The van der Waals surface area contributed by atoms with E-state index in [0.717, 1.165) is 32.2 Å². The SMILES string of the molecule is CNC(=O)C1C(NC(=O)/C(=N\OC(C)(C)C(=O)O)c2csc(N)n2)C(=O)N1S(=O)(=O)O. The molecule has 0 spiro atoms. The van der Waals surface area contributed by atoms with E-state index in [2.05, 4.69) is 20.8 Å². The van der Waals surface area contributed by atoms with Crippen LogP contribution in [0.5, 0.6) is 0 Å². The Hall–Kier alpha value is -3.31. The topological polar surface area (TPSA) is 231 Å². The maximum absolute atomic E-state index is 12.7. The van der Waals surface area contributed by atoms with Crippen LogP contribution in [0, 0.1) is 0 Å². The lowest BCUT2D eigenvalue weighted by Crippen LogP contribution is -2.76. The number of aromatic nitrogens is 1. The zero-order valence-corrected chi connectivity index (χ0v) is 17.9. The zero-order valence-electron chi connectivity index (χ0n) is 16.2. The van der Waals surface area contributed by atoms with Gasteiger partial charge in [-0.05, 0) is 13.8 Å². The summed E-state index contributed by atoms with van der Waals surface area (Å²) in [5.41, 5.74) is 2.97. The summed E-state index contributed by atoms with van der Waals surface area (Å²) in [6, 6.07) is -3.45. The highest BCUT2D eigenvalue weighted by Crippen LogP contribution is 2.24. The molecule has 0 aliphatic carbocycles. The van der Waals surface area contributed by atoms with Gasteiger partial charge in [-0.15, -0.1) is 11.3 Å². The van der Waals surface area contributed by atoms with E-state index >= 15 is 0 Å². The first-order valence-electron chi connectivity index (χ1n) is 8.24. The number of nitrogen functional groups attached to an aromatic ring is 1. The third-order valence-corrected chi connectivity index (χ3v) is 5.54. The number of aliphatic carboxylic acids is 1. The summed E-state index contributed by atoms with van der Waals surface area (Å²) < 4.78 is 31.8. The molecule has 1 aromatic rings. The van der Waals surface area contributed by atoms with Gasteiger partial charge in [0.1, 0.15) is 11.7 Å². The molecule has 2 unspecified atom stereocenters. The number of carboxylic acids is 1. The molecule has 1 aromatic heterocycles. The van der Waals surface area contributed by atoms with Gasteiger partial charge in [0, 0.05) is 12.4 Å². The van der Waals surface area contributed by atoms with Crippen LogP contribution in [0.2, 0.25) is 0 Å². The minimum atomic E-state index is -5.07. The van der Waals surface area contributed by atoms with E-state index in [9.17, 15) is 27.6 Å². The van der Waals surface area contributed by atoms with Gasteiger partial charge in [0.25, 0.3) is 11.8 Å². The van der Waals surface area contributed by atoms with Crippen molar-refractivity contribution in [3.8, 4) is 0 Å². The fraction of sp³-hybridized carbons (Fsp3) is 0.429. The number of hydrogen-bond acceptors (Lipinski definition) is 11. The van der Waals surface area contributed by atoms with Crippen molar-refractivity contribution in [2.24, 2.45) is 5.16 Å². The Morgan fingerprint density at radius 1 is 1.39 bits per heavy atom. The molecular weight excluding hydrogens is 460 g/mol. The summed E-state index contributed by atoms with van der Waals surface area (Å²) in [7, 11) is -3.92. The molecule has 0 radical (unpaired) electrons. The molecule has 2 rings (SSSR count). The first-order valence-corrected chi connectivity index (χ1v) is 10.5. The smallest absolute Gasteiger partial charge is 0.363 e. The van der Waals surface area contributed by atoms with E-state index in [1.165, 1.54) is 5.38 Å². The number of anilines is 1. The third kappa shape index (κ3) is 4.89. The van der Waals surface area contributed by atoms with Gasteiger partial charge < -0.3 is 26.3 Å². The number of carbonyl (C=O) groups excluding carboxylic acids is 3. The molecule has 1 saturated heterocycles.